The minimum absolute atomic E-state index is 0.834. The van der Waals surface area contributed by atoms with E-state index in [0.29, 0.717) is 0 Å². The Morgan fingerprint density at radius 2 is 2.36 bits per heavy atom. The Kier molecular flexibility index (Phi) is 2.48. The van der Waals surface area contributed by atoms with E-state index in [1.165, 1.54) is 0 Å². The van der Waals surface area contributed by atoms with Crippen LogP contribution in [0.15, 0.2) is 6.20 Å². The van der Waals surface area contributed by atoms with Crippen LogP contribution in [-0.4, -0.2) is 31.1 Å². The summed E-state index contributed by atoms with van der Waals surface area (Å²) in [5.41, 5.74) is 1.11. The van der Waals surface area contributed by atoms with E-state index in [0.717, 1.165) is 18.2 Å². The summed E-state index contributed by atoms with van der Waals surface area (Å²) in [6.07, 6.45) is 1.84. The number of rotatable bonds is 3. The van der Waals surface area contributed by atoms with Crippen molar-refractivity contribution in [1.82, 2.24) is 15.3 Å². The maximum atomic E-state index is 4.16. The Balaban J connectivity index is 2.66. The van der Waals surface area contributed by atoms with Gasteiger partial charge in [0.1, 0.15) is 0 Å². The number of aromatic amines is 1. The molecule has 2 N–H and O–H groups in total. The summed E-state index contributed by atoms with van der Waals surface area (Å²) in [6, 6.07) is 0. The van der Waals surface area contributed by atoms with Gasteiger partial charge in [0.25, 0.3) is 0 Å². The van der Waals surface area contributed by atoms with Crippen molar-refractivity contribution >= 4 is 5.95 Å². The zero-order chi connectivity index (χ0) is 8.27. The normalized spacial score (nSPS) is 10.1. The number of aromatic nitrogens is 2. The van der Waals surface area contributed by atoms with Crippen molar-refractivity contribution in [3.63, 3.8) is 0 Å². The molecule has 0 saturated carbocycles. The summed E-state index contributed by atoms with van der Waals surface area (Å²) in [6.45, 7) is 0.834. The van der Waals surface area contributed by atoms with Crippen molar-refractivity contribution in [3.05, 3.63) is 11.9 Å². The van der Waals surface area contributed by atoms with Crippen LogP contribution in [0.2, 0.25) is 0 Å². The standard InChI is InChI=1S/C7H14N4/c1-8-4-6-5-9-7(10-6)11(2)3/h5,8H,4H2,1-3H3,(H,9,10). The van der Waals surface area contributed by atoms with Crippen LogP contribution in [0.1, 0.15) is 5.69 Å². The van der Waals surface area contributed by atoms with Crippen molar-refractivity contribution in [1.29, 1.82) is 0 Å². The van der Waals surface area contributed by atoms with Gasteiger partial charge < -0.3 is 15.2 Å². The number of imidazole rings is 1. The van der Waals surface area contributed by atoms with Crippen LogP contribution < -0.4 is 10.2 Å². The summed E-state index contributed by atoms with van der Waals surface area (Å²) in [5, 5.41) is 3.05. The lowest BCUT2D eigenvalue weighted by atomic mass is 10.5. The molecule has 0 aliphatic carbocycles. The second-order valence-electron chi connectivity index (χ2n) is 2.66. The van der Waals surface area contributed by atoms with Gasteiger partial charge in [-0.1, -0.05) is 0 Å². The number of nitrogens with zero attached hydrogens (tertiary/aromatic N) is 2. The molecule has 1 rings (SSSR count). The predicted octanol–water partition coefficient (Wildman–Crippen LogP) is 0.195. The quantitative estimate of drug-likeness (QED) is 0.653. The first-order valence-corrected chi connectivity index (χ1v) is 3.60. The molecular weight excluding hydrogens is 140 g/mol. The SMILES string of the molecule is CNCc1cnc(N(C)C)[nH]1. The molecule has 0 aromatic carbocycles. The second kappa shape index (κ2) is 3.39. The molecule has 0 bridgehead atoms. The molecule has 1 aromatic rings. The van der Waals surface area contributed by atoms with Crippen LogP contribution in [-0.2, 0) is 6.54 Å². The molecule has 0 radical (unpaired) electrons. The largest absolute Gasteiger partial charge is 0.349 e. The van der Waals surface area contributed by atoms with E-state index in [1.807, 2.05) is 32.2 Å². The molecule has 0 atom stereocenters. The second-order valence-corrected chi connectivity index (χ2v) is 2.66. The first-order valence-electron chi connectivity index (χ1n) is 3.60. The van der Waals surface area contributed by atoms with Crippen molar-refractivity contribution in [2.75, 3.05) is 26.0 Å². The van der Waals surface area contributed by atoms with E-state index in [4.69, 9.17) is 0 Å². The molecule has 0 spiro atoms. The monoisotopic (exact) mass is 154 g/mol. The third-order valence-electron chi connectivity index (χ3n) is 1.41. The zero-order valence-electron chi connectivity index (χ0n) is 7.18. The highest BCUT2D eigenvalue weighted by Crippen LogP contribution is 2.03. The van der Waals surface area contributed by atoms with Gasteiger partial charge >= 0.3 is 0 Å². The molecule has 11 heavy (non-hydrogen) atoms. The Morgan fingerprint density at radius 3 is 2.82 bits per heavy atom. The molecule has 0 unspecified atom stereocenters. The number of hydrogen-bond acceptors (Lipinski definition) is 3. The van der Waals surface area contributed by atoms with Crippen molar-refractivity contribution in [3.8, 4) is 0 Å². The van der Waals surface area contributed by atoms with Gasteiger partial charge in [0.2, 0.25) is 5.95 Å². The maximum Gasteiger partial charge on any atom is 0.202 e. The minimum Gasteiger partial charge on any atom is -0.349 e. The summed E-state index contributed by atoms with van der Waals surface area (Å²) in [4.78, 5) is 9.27. The number of hydrogen-bond donors (Lipinski definition) is 2. The Bertz CT molecular complexity index is 216. The number of anilines is 1. The summed E-state index contributed by atoms with van der Waals surface area (Å²) < 4.78 is 0. The van der Waals surface area contributed by atoms with Gasteiger partial charge in [-0.3, -0.25) is 0 Å². The smallest absolute Gasteiger partial charge is 0.202 e. The van der Waals surface area contributed by atoms with E-state index >= 15 is 0 Å². The summed E-state index contributed by atoms with van der Waals surface area (Å²) in [5.74, 6) is 0.898. The van der Waals surface area contributed by atoms with Gasteiger partial charge in [-0.25, -0.2) is 4.98 Å². The molecule has 0 amide bonds. The molecule has 4 heteroatoms. The Morgan fingerprint density at radius 1 is 1.64 bits per heavy atom. The van der Waals surface area contributed by atoms with Gasteiger partial charge in [0.05, 0.1) is 11.9 Å². The van der Waals surface area contributed by atoms with E-state index < -0.39 is 0 Å². The average molecular weight is 154 g/mol. The lowest BCUT2D eigenvalue weighted by Crippen LogP contribution is -2.11. The molecular formula is C7H14N4. The first kappa shape index (κ1) is 8.07. The highest BCUT2D eigenvalue weighted by Gasteiger charge is 1.99. The predicted molar refractivity (Wildman–Crippen MR) is 45.7 cm³/mol. The highest BCUT2D eigenvalue weighted by molar-refractivity contribution is 5.28. The van der Waals surface area contributed by atoms with Crippen LogP contribution in [0.25, 0.3) is 0 Å². The Labute approximate surface area is 66.6 Å². The van der Waals surface area contributed by atoms with E-state index in [1.54, 1.807) is 0 Å². The number of H-pyrrole nitrogens is 1. The van der Waals surface area contributed by atoms with Crippen LogP contribution in [0.3, 0.4) is 0 Å². The van der Waals surface area contributed by atoms with Gasteiger partial charge in [0, 0.05) is 20.6 Å². The number of nitrogens with one attached hydrogen (secondary N) is 2. The van der Waals surface area contributed by atoms with Crippen molar-refractivity contribution in [2.24, 2.45) is 0 Å². The summed E-state index contributed by atoms with van der Waals surface area (Å²) >= 11 is 0. The fourth-order valence-corrected chi connectivity index (χ4v) is 0.855. The zero-order valence-corrected chi connectivity index (χ0v) is 7.18. The van der Waals surface area contributed by atoms with Gasteiger partial charge in [-0.15, -0.1) is 0 Å². The lowest BCUT2D eigenvalue weighted by molar-refractivity contribution is 0.796. The fraction of sp³-hybridized carbons (Fsp3) is 0.571. The topological polar surface area (TPSA) is 44.0 Å². The molecule has 0 saturated heterocycles. The van der Waals surface area contributed by atoms with Crippen LogP contribution in [0, 0.1) is 0 Å². The van der Waals surface area contributed by atoms with Crippen molar-refractivity contribution in [2.45, 2.75) is 6.54 Å². The maximum absolute atomic E-state index is 4.16. The highest BCUT2D eigenvalue weighted by atomic mass is 15.2. The van der Waals surface area contributed by atoms with Crippen molar-refractivity contribution < 1.29 is 0 Å². The van der Waals surface area contributed by atoms with Gasteiger partial charge in [0.15, 0.2) is 0 Å². The van der Waals surface area contributed by atoms with Gasteiger partial charge in [-0.2, -0.15) is 0 Å². The van der Waals surface area contributed by atoms with Crippen LogP contribution >= 0.6 is 0 Å². The third kappa shape index (κ3) is 1.94. The fourth-order valence-electron chi connectivity index (χ4n) is 0.855. The molecule has 0 aliphatic rings. The van der Waals surface area contributed by atoms with E-state index in [-0.39, 0.29) is 0 Å². The minimum atomic E-state index is 0.834. The van der Waals surface area contributed by atoms with E-state index in [9.17, 15) is 0 Å². The summed E-state index contributed by atoms with van der Waals surface area (Å²) in [7, 11) is 5.83. The molecule has 4 nitrogen and oxygen atoms in total. The molecule has 62 valence electrons. The lowest BCUT2D eigenvalue weighted by Gasteiger charge is -2.06. The Hall–Kier alpha value is -1.03. The van der Waals surface area contributed by atoms with Crippen LogP contribution in [0.5, 0.6) is 0 Å². The average Bonchev–Trinajstić information content (AvgIpc) is 2.37. The van der Waals surface area contributed by atoms with E-state index in [2.05, 4.69) is 15.3 Å². The molecule has 0 fully saturated rings. The first-order chi connectivity index (χ1) is 5.24. The third-order valence-corrected chi connectivity index (χ3v) is 1.41. The molecule has 1 aromatic heterocycles. The molecule has 0 aliphatic heterocycles. The van der Waals surface area contributed by atoms with Gasteiger partial charge in [-0.05, 0) is 7.05 Å². The molecule has 1 heterocycles. The van der Waals surface area contributed by atoms with Crippen LogP contribution in [0.4, 0.5) is 5.95 Å².